The fourth-order valence-corrected chi connectivity index (χ4v) is 3.66. The van der Waals surface area contributed by atoms with Gasteiger partial charge in [-0.1, -0.05) is 60.7 Å². The van der Waals surface area contributed by atoms with Gasteiger partial charge in [0.15, 0.2) is 6.10 Å². The van der Waals surface area contributed by atoms with Crippen molar-refractivity contribution in [1.29, 1.82) is 0 Å². The van der Waals surface area contributed by atoms with E-state index in [1.165, 1.54) is 5.56 Å². The first kappa shape index (κ1) is 19.7. The van der Waals surface area contributed by atoms with E-state index in [2.05, 4.69) is 5.32 Å². The van der Waals surface area contributed by atoms with Crippen molar-refractivity contribution in [3.8, 4) is 5.75 Å². The Kier molecular flexibility index (Phi) is 5.80. The van der Waals surface area contributed by atoms with E-state index < -0.39 is 6.10 Å². The van der Waals surface area contributed by atoms with Crippen LogP contribution >= 0.6 is 0 Å². The first-order valence-corrected chi connectivity index (χ1v) is 10.1. The maximum absolute atomic E-state index is 13.0. The van der Waals surface area contributed by atoms with Crippen molar-refractivity contribution in [3.63, 3.8) is 0 Å². The summed E-state index contributed by atoms with van der Waals surface area (Å²) in [5.41, 5.74) is 3.53. The fourth-order valence-electron chi connectivity index (χ4n) is 3.66. The van der Waals surface area contributed by atoms with Gasteiger partial charge in [0.05, 0.1) is 5.56 Å². The number of anilines is 1. The van der Waals surface area contributed by atoms with E-state index in [-0.39, 0.29) is 11.8 Å². The van der Waals surface area contributed by atoms with Gasteiger partial charge in [-0.05, 0) is 42.7 Å². The predicted octanol–water partition coefficient (Wildman–Crippen LogP) is 3.97. The number of amides is 2. The third kappa shape index (κ3) is 4.20. The zero-order valence-corrected chi connectivity index (χ0v) is 16.9. The van der Waals surface area contributed by atoms with E-state index in [1.807, 2.05) is 54.6 Å². The molecule has 5 nitrogen and oxygen atoms in total. The third-order valence-corrected chi connectivity index (χ3v) is 5.23. The first-order valence-electron chi connectivity index (χ1n) is 10.1. The van der Waals surface area contributed by atoms with Gasteiger partial charge in [0, 0.05) is 18.8 Å². The summed E-state index contributed by atoms with van der Waals surface area (Å²) in [5.74, 6) is 0.0523. The second-order valence-electron chi connectivity index (χ2n) is 7.29. The lowest BCUT2D eigenvalue weighted by atomic mass is 10.1. The van der Waals surface area contributed by atoms with Crippen LogP contribution in [0.2, 0.25) is 0 Å². The van der Waals surface area contributed by atoms with E-state index in [1.54, 1.807) is 36.1 Å². The summed E-state index contributed by atoms with van der Waals surface area (Å²) >= 11 is 0. The second-order valence-corrected chi connectivity index (χ2v) is 7.29. The highest BCUT2D eigenvalue weighted by Crippen LogP contribution is 2.29. The Balaban J connectivity index is 1.45. The van der Waals surface area contributed by atoms with E-state index in [0.717, 1.165) is 17.7 Å². The normalized spacial score (nSPS) is 13.4. The van der Waals surface area contributed by atoms with Gasteiger partial charge >= 0.3 is 0 Å². The van der Waals surface area contributed by atoms with Crippen LogP contribution < -0.4 is 15.0 Å². The Morgan fingerprint density at radius 1 is 0.967 bits per heavy atom. The molecule has 0 radical (unpaired) electrons. The van der Waals surface area contributed by atoms with Crippen molar-refractivity contribution >= 4 is 17.5 Å². The van der Waals surface area contributed by atoms with E-state index in [9.17, 15) is 9.59 Å². The summed E-state index contributed by atoms with van der Waals surface area (Å²) in [6.07, 6.45) is 0.131. The highest BCUT2D eigenvalue weighted by molar-refractivity contribution is 5.99. The molecule has 0 aromatic heterocycles. The number of hydrogen-bond donors (Lipinski definition) is 1. The standard InChI is InChI=1S/C25H24N2O3/c1-18(25(29)27-16-15-20-11-5-7-13-22(20)27)30-23-14-8-6-12-21(23)24(28)26-17-19-9-3-2-4-10-19/h2-14,18H,15-17H2,1H3,(H,26,28)/t18-/m0/s1. The van der Waals surface area contributed by atoms with Crippen LogP contribution in [0.1, 0.15) is 28.4 Å². The minimum atomic E-state index is -0.709. The number of para-hydroxylation sites is 2. The number of carbonyl (C=O) groups is 2. The van der Waals surface area contributed by atoms with Crippen molar-refractivity contribution < 1.29 is 14.3 Å². The fraction of sp³-hybridized carbons (Fsp3) is 0.200. The Hall–Kier alpha value is -3.60. The molecule has 0 saturated heterocycles. The molecule has 152 valence electrons. The van der Waals surface area contributed by atoms with Crippen molar-refractivity contribution in [3.05, 3.63) is 95.6 Å². The molecular formula is C25H24N2O3. The molecule has 5 heteroatoms. The quantitative estimate of drug-likeness (QED) is 0.681. The number of ether oxygens (including phenoxy) is 1. The predicted molar refractivity (Wildman–Crippen MR) is 117 cm³/mol. The average Bonchev–Trinajstić information content (AvgIpc) is 3.22. The van der Waals surface area contributed by atoms with Gasteiger partial charge in [0.25, 0.3) is 11.8 Å². The van der Waals surface area contributed by atoms with Gasteiger partial charge in [0.2, 0.25) is 0 Å². The molecule has 4 rings (SSSR count). The molecule has 0 unspecified atom stereocenters. The summed E-state index contributed by atoms with van der Waals surface area (Å²) in [5, 5.41) is 2.91. The molecule has 0 bridgehead atoms. The summed E-state index contributed by atoms with van der Waals surface area (Å²) < 4.78 is 5.96. The van der Waals surface area contributed by atoms with Crippen LogP contribution in [0.5, 0.6) is 5.75 Å². The topological polar surface area (TPSA) is 58.6 Å². The zero-order valence-electron chi connectivity index (χ0n) is 16.9. The third-order valence-electron chi connectivity index (χ3n) is 5.23. The van der Waals surface area contributed by atoms with Crippen LogP contribution in [0.4, 0.5) is 5.69 Å². The summed E-state index contributed by atoms with van der Waals surface area (Å²) in [6.45, 7) is 2.79. The summed E-state index contributed by atoms with van der Waals surface area (Å²) in [4.78, 5) is 27.5. The molecule has 30 heavy (non-hydrogen) atoms. The molecular weight excluding hydrogens is 376 g/mol. The van der Waals surface area contributed by atoms with Gasteiger partial charge in [-0.25, -0.2) is 0 Å². The first-order chi connectivity index (χ1) is 14.6. The molecule has 2 amide bonds. The van der Waals surface area contributed by atoms with Crippen LogP contribution in [0.15, 0.2) is 78.9 Å². The van der Waals surface area contributed by atoms with Gasteiger partial charge in [-0.3, -0.25) is 9.59 Å². The number of nitrogens with one attached hydrogen (secondary N) is 1. The lowest BCUT2D eigenvalue weighted by molar-refractivity contribution is -0.124. The highest BCUT2D eigenvalue weighted by Gasteiger charge is 2.29. The molecule has 3 aromatic carbocycles. The number of rotatable bonds is 6. The van der Waals surface area contributed by atoms with Crippen molar-refractivity contribution in [2.45, 2.75) is 26.0 Å². The van der Waals surface area contributed by atoms with Crippen LogP contribution in [0, 0.1) is 0 Å². The van der Waals surface area contributed by atoms with Gasteiger partial charge in [-0.2, -0.15) is 0 Å². The largest absolute Gasteiger partial charge is 0.480 e. The average molecular weight is 400 g/mol. The van der Waals surface area contributed by atoms with Crippen molar-refractivity contribution in [2.24, 2.45) is 0 Å². The highest BCUT2D eigenvalue weighted by atomic mass is 16.5. The van der Waals surface area contributed by atoms with E-state index in [4.69, 9.17) is 4.74 Å². The lowest BCUT2D eigenvalue weighted by Crippen LogP contribution is -2.39. The lowest BCUT2D eigenvalue weighted by Gasteiger charge is -2.23. The summed E-state index contributed by atoms with van der Waals surface area (Å²) in [7, 11) is 0. The molecule has 1 aliphatic rings. The van der Waals surface area contributed by atoms with Crippen molar-refractivity contribution in [2.75, 3.05) is 11.4 Å². The van der Waals surface area contributed by atoms with E-state index >= 15 is 0 Å². The molecule has 1 atom stereocenters. The van der Waals surface area contributed by atoms with Gasteiger partial charge < -0.3 is 15.0 Å². The SMILES string of the molecule is C[C@H](Oc1ccccc1C(=O)NCc1ccccc1)C(=O)N1CCc2ccccc21. The molecule has 0 spiro atoms. The van der Waals surface area contributed by atoms with Gasteiger partial charge in [0.1, 0.15) is 5.75 Å². The number of hydrogen-bond acceptors (Lipinski definition) is 3. The maximum Gasteiger partial charge on any atom is 0.267 e. The molecule has 1 N–H and O–H groups in total. The van der Waals surface area contributed by atoms with Crippen LogP contribution in [-0.2, 0) is 17.8 Å². The molecule has 1 heterocycles. The molecule has 0 fully saturated rings. The monoisotopic (exact) mass is 400 g/mol. The Morgan fingerprint density at radius 3 is 2.50 bits per heavy atom. The second kappa shape index (κ2) is 8.82. The van der Waals surface area contributed by atoms with Gasteiger partial charge in [-0.15, -0.1) is 0 Å². The minimum Gasteiger partial charge on any atom is -0.480 e. The summed E-state index contributed by atoms with van der Waals surface area (Å²) in [6, 6.07) is 24.6. The van der Waals surface area contributed by atoms with Crippen LogP contribution in [0.25, 0.3) is 0 Å². The van der Waals surface area contributed by atoms with Crippen molar-refractivity contribution in [1.82, 2.24) is 5.32 Å². The maximum atomic E-state index is 13.0. The smallest absolute Gasteiger partial charge is 0.267 e. The minimum absolute atomic E-state index is 0.112. The molecule has 0 saturated carbocycles. The number of benzene rings is 3. The molecule has 1 aliphatic heterocycles. The van der Waals surface area contributed by atoms with E-state index in [0.29, 0.717) is 24.4 Å². The number of nitrogens with zero attached hydrogens (tertiary/aromatic N) is 1. The van der Waals surface area contributed by atoms with Crippen LogP contribution in [-0.4, -0.2) is 24.5 Å². The number of carbonyl (C=O) groups excluding carboxylic acids is 2. The molecule has 0 aliphatic carbocycles. The Morgan fingerprint density at radius 2 is 1.67 bits per heavy atom. The Bertz CT molecular complexity index is 1050. The Labute approximate surface area is 176 Å². The zero-order chi connectivity index (χ0) is 20.9. The van der Waals surface area contributed by atoms with Crippen LogP contribution in [0.3, 0.4) is 0 Å². The molecule has 3 aromatic rings. The number of fused-ring (bicyclic) bond motifs is 1.